The summed E-state index contributed by atoms with van der Waals surface area (Å²) in [7, 11) is 0. The Hall–Kier alpha value is -2.73. The van der Waals surface area contributed by atoms with E-state index in [1.54, 1.807) is 12.1 Å². The molecule has 3 fully saturated rings. The van der Waals surface area contributed by atoms with Gasteiger partial charge in [-0.2, -0.15) is 0 Å². The third-order valence-electron chi connectivity index (χ3n) is 8.22. The number of carbonyl (C=O) groups is 2. The van der Waals surface area contributed by atoms with Crippen molar-refractivity contribution in [1.82, 2.24) is 15.1 Å². The molecule has 5 nitrogen and oxygen atoms in total. The molecule has 3 aliphatic rings. The molecule has 2 aromatic carbocycles. The monoisotopic (exact) mass is 463 g/mol. The van der Waals surface area contributed by atoms with Crippen molar-refractivity contribution in [2.75, 3.05) is 26.2 Å². The molecular weight excluding hydrogens is 429 g/mol. The highest BCUT2D eigenvalue weighted by Gasteiger charge is 2.53. The summed E-state index contributed by atoms with van der Waals surface area (Å²) in [6.45, 7) is 5.80. The molecule has 0 radical (unpaired) electrons. The van der Waals surface area contributed by atoms with Crippen LogP contribution in [0.3, 0.4) is 0 Å². The van der Waals surface area contributed by atoms with Crippen LogP contribution >= 0.6 is 0 Å². The summed E-state index contributed by atoms with van der Waals surface area (Å²) in [6, 6.07) is 17.1. The normalized spacial score (nSPS) is 27.1. The summed E-state index contributed by atoms with van der Waals surface area (Å²) in [5.74, 6) is -0.178. The first-order valence-electron chi connectivity index (χ1n) is 12.5. The highest BCUT2D eigenvalue weighted by atomic mass is 19.1. The number of halogens is 1. The minimum Gasteiger partial charge on any atom is -0.348 e. The van der Waals surface area contributed by atoms with Crippen LogP contribution in [0.4, 0.5) is 4.39 Å². The number of carbonyl (C=O) groups excluding carboxylic acids is 2. The third kappa shape index (κ3) is 4.48. The Morgan fingerprint density at radius 3 is 2.56 bits per heavy atom. The van der Waals surface area contributed by atoms with Crippen molar-refractivity contribution in [2.45, 2.75) is 57.0 Å². The molecule has 2 aromatic rings. The lowest BCUT2D eigenvalue weighted by molar-refractivity contribution is -0.143. The molecule has 3 aliphatic heterocycles. The van der Waals surface area contributed by atoms with Gasteiger partial charge in [0.25, 0.3) is 0 Å². The molecule has 2 atom stereocenters. The maximum absolute atomic E-state index is 14.1. The van der Waals surface area contributed by atoms with Crippen LogP contribution < -0.4 is 5.32 Å². The van der Waals surface area contributed by atoms with Gasteiger partial charge in [0.05, 0.1) is 5.54 Å². The van der Waals surface area contributed by atoms with E-state index in [1.807, 2.05) is 17.0 Å². The van der Waals surface area contributed by atoms with Crippen LogP contribution in [0.2, 0.25) is 0 Å². The SMILES string of the molecule is CC1(C(=O)N2C[C@@H](c3cccc(F)c3)[C@@]3(CCCC(=O)N3)C2)CCN(Cc2ccccc2)CC1. The summed E-state index contributed by atoms with van der Waals surface area (Å²) in [4.78, 5) is 30.6. The predicted molar refractivity (Wildman–Crippen MR) is 130 cm³/mol. The van der Waals surface area contributed by atoms with Gasteiger partial charge in [-0.25, -0.2) is 4.39 Å². The Bertz CT molecular complexity index is 1050. The third-order valence-corrected chi connectivity index (χ3v) is 8.22. The average Bonchev–Trinajstić information content (AvgIpc) is 3.18. The van der Waals surface area contributed by atoms with Gasteiger partial charge in [0, 0.05) is 37.4 Å². The number of piperidine rings is 2. The van der Waals surface area contributed by atoms with Gasteiger partial charge in [-0.1, -0.05) is 49.4 Å². The van der Waals surface area contributed by atoms with Crippen LogP contribution in [0.5, 0.6) is 0 Å². The van der Waals surface area contributed by atoms with Crippen molar-refractivity contribution in [3.05, 3.63) is 71.5 Å². The van der Waals surface area contributed by atoms with E-state index in [2.05, 4.69) is 41.4 Å². The second-order valence-electron chi connectivity index (χ2n) is 10.7. The minimum atomic E-state index is -0.511. The molecule has 3 saturated heterocycles. The number of hydrogen-bond donors (Lipinski definition) is 1. The van der Waals surface area contributed by atoms with Crippen LogP contribution in [0, 0.1) is 11.2 Å². The smallest absolute Gasteiger partial charge is 0.228 e. The van der Waals surface area contributed by atoms with Gasteiger partial charge < -0.3 is 10.2 Å². The quantitative estimate of drug-likeness (QED) is 0.743. The van der Waals surface area contributed by atoms with Gasteiger partial charge in [0.2, 0.25) is 11.8 Å². The van der Waals surface area contributed by atoms with Crippen molar-refractivity contribution < 1.29 is 14.0 Å². The zero-order valence-corrected chi connectivity index (χ0v) is 19.9. The molecule has 1 spiro atoms. The molecule has 3 heterocycles. The zero-order valence-electron chi connectivity index (χ0n) is 19.9. The van der Waals surface area contributed by atoms with Gasteiger partial charge in [0.1, 0.15) is 5.82 Å². The van der Waals surface area contributed by atoms with Crippen molar-refractivity contribution >= 4 is 11.8 Å². The Labute approximate surface area is 201 Å². The molecule has 0 aliphatic carbocycles. The van der Waals surface area contributed by atoms with Crippen molar-refractivity contribution in [3.63, 3.8) is 0 Å². The molecule has 6 heteroatoms. The Morgan fingerprint density at radius 1 is 1.09 bits per heavy atom. The molecule has 0 saturated carbocycles. The fourth-order valence-corrected chi connectivity index (χ4v) is 6.20. The van der Waals surface area contributed by atoms with Crippen LogP contribution in [-0.4, -0.2) is 53.3 Å². The highest BCUT2D eigenvalue weighted by molar-refractivity contribution is 5.84. The number of nitrogens with one attached hydrogen (secondary N) is 1. The van der Waals surface area contributed by atoms with Crippen LogP contribution in [-0.2, 0) is 16.1 Å². The summed E-state index contributed by atoms with van der Waals surface area (Å²) in [6.07, 6.45) is 3.76. The highest BCUT2D eigenvalue weighted by Crippen LogP contribution is 2.44. The molecule has 0 unspecified atom stereocenters. The van der Waals surface area contributed by atoms with Gasteiger partial charge in [-0.3, -0.25) is 14.5 Å². The Kier molecular flexibility index (Phi) is 6.19. The summed E-state index contributed by atoms with van der Waals surface area (Å²) in [5, 5.41) is 3.23. The first-order chi connectivity index (χ1) is 16.4. The standard InChI is InChI=1S/C28H34FN3O2/c1-27(13-15-31(16-14-27)18-21-7-3-2-4-8-21)26(34)32-19-24(22-9-5-10-23(29)17-22)28(20-32)12-6-11-25(33)30-28/h2-5,7-10,17,24H,6,11-16,18-20H2,1H3,(H,30,33)/t24-,28+/m0/s1. The molecule has 0 aromatic heterocycles. The fraction of sp³-hybridized carbons (Fsp3) is 0.500. The second kappa shape index (κ2) is 9.14. The number of rotatable bonds is 4. The molecule has 0 bridgehead atoms. The molecule has 2 amide bonds. The van der Waals surface area contributed by atoms with E-state index in [-0.39, 0.29) is 23.5 Å². The van der Waals surface area contributed by atoms with Gasteiger partial charge in [-0.05, 0) is 62.0 Å². The molecule has 180 valence electrons. The largest absolute Gasteiger partial charge is 0.348 e. The lowest BCUT2D eigenvalue weighted by Crippen LogP contribution is -2.57. The van der Waals surface area contributed by atoms with E-state index < -0.39 is 11.0 Å². The summed E-state index contributed by atoms with van der Waals surface area (Å²) < 4.78 is 14.1. The topological polar surface area (TPSA) is 52.7 Å². The van der Waals surface area contributed by atoms with E-state index in [4.69, 9.17) is 0 Å². The second-order valence-corrected chi connectivity index (χ2v) is 10.7. The Balaban J connectivity index is 1.31. The average molecular weight is 464 g/mol. The lowest BCUT2D eigenvalue weighted by atomic mass is 9.76. The zero-order chi connectivity index (χ0) is 23.8. The number of likely N-dealkylation sites (tertiary alicyclic amines) is 2. The van der Waals surface area contributed by atoms with Gasteiger partial charge >= 0.3 is 0 Å². The van der Waals surface area contributed by atoms with E-state index in [0.29, 0.717) is 19.5 Å². The first kappa shape index (κ1) is 23.0. The van der Waals surface area contributed by atoms with Gasteiger partial charge in [-0.15, -0.1) is 0 Å². The summed E-state index contributed by atoms with van der Waals surface area (Å²) >= 11 is 0. The predicted octanol–water partition coefficient (Wildman–Crippen LogP) is 4.09. The van der Waals surface area contributed by atoms with E-state index in [0.717, 1.165) is 50.9 Å². The lowest BCUT2D eigenvalue weighted by Gasteiger charge is -2.41. The van der Waals surface area contributed by atoms with E-state index in [9.17, 15) is 14.0 Å². The van der Waals surface area contributed by atoms with Crippen molar-refractivity contribution in [3.8, 4) is 0 Å². The maximum Gasteiger partial charge on any atom is 0.228 e. The Morgan fingerprint density at radius 2 is 1.85 bits per heavy atom. The number of amides is 2. The van der Waals surface area contributed by atoms with E-state index in [1.165, 1.54) is 11.6 Å². The molecular formula is C28H34FN3O2. The van der Waals surface area contributed by atoms with Crippen LogP contribution in [0.25, 0.3) is 0 Å². The van der Waals surface area contributed by atoms with Crippen LogP contribution in [0.1, 0.15) is 56.1 Å². The molecule has 5 rings (SSSR count). The van der Waals surface area contributed by atoms with Crippen LogP contribution in [0.15, 0.2) is 54.6 Å². The van der Waals surface area contributed by atoms with E-state index >= 15 is 0 Å². The number of benzene rings is 2. The minimum absolute atomic E-state index is 0.0300. The maximum atomic E-state index is 14.1. The summed E-state index contributed by atoms with van der Waals surface area (Å²) in [5.41, 5.74) is 1.23. The number of nitrogens with zero attached hydrogens (tertiary/aromatic N) is 2. The first-order valence-corrected chi connectivity index (χ1v) is 12.5. The van der Waals surface area contributed by atoms with Crippen molar-refractivity contribution in [2.24, 2.45) is 5.41 Å². The number of hydrogen-bond acceptors (Lipinski definition) is 3. The fourth-order valence-electron chi connectivity index (χ4n) is 6.20. The molecule has 34 heavy (non-hydrogen) atoms. The van der Waals surface area contributed by atoms with Gasteiger partial charge in [0.15, 0.2) is 0 Å². The molecule has 1 N–H and O–H groups in total. The van der Waals surface area contributed by atoms with Crippen molar-refractivity contribution in [1.29, 1.82) is 0 Å².